The van der Waals surface area contributed by atoms with E-state index in [0.717, 1.165) is 16.0 Å². The molecule has 0 aliphatic carbocycles. The maximum Gasteiger partial charge on any atom is 0.269 e. The molecule has 1 saturated heterocycles. The molecule has 2 atom stereocenters. The summed E-state index contributed by atoms with van der Waals surface area (Å²) in [4.78, 5) is 42.4. The molecule has 0 spiro atoms. The number of halogens is 1. The summed E-state index contributed by atoms with van der Waals surface area (Å²) in [5, 5.41) is 24.2. The summed E-state index contributed by atoms with van der Waals surface area (Å²) < 4.78 is 15.7. The lowest BCUT2D eigenvalue weighted by molar-refractivity contribution is -0.137. The van der Waals surface area contributed by atoms with E-state index in [0.29, 0.717) is 16.5 Å². The molecule has 192 valence electrons. The average Bonchev–Trinajstić information content (AvgIpc) is 3.59. The van der Waals surface area contributed by atoms with Gasteiger partial charge in [-0.05, 0) is 36.2 Å². The third-order valence-electron chi connectivity index (χ3n) is 6.50. The average molecular weight is 516 g/mol. The highest BCUT2D eigenvalue weighted by atomic mass is 19.1. The second-order valence-electron chi connectivity index (χ2n) is 8.95. The van der Waals surface area contributed by atoms with E-state index in [1.165, 1.54) is 10.9 Å². The zero-order valence-electron chi connectivity index (χ0n) is 20.2. The normalized spacial score (nSPS) is 16.9. The summed E-state index contributed by atoms with van der Waals surface area (Å²) >= 11 is 0. The standard InChI is InChI=1S/C25H22FN9O3/c1-13-9-29-24(18(13)8-27)32-25(38)20-7-16(26)11-34(20)21(36)12-35-19-3-2-14(15-4-5-30-31-10-15)6-17(19)22(33-35)23(28)37/h2-6,9-10,16,20,29H,7,11-12H2,1H3,(H2,28,37)(H,32,38). The molecule has 4 N–H and O–H groups in total. The van der Waals surface area contributed by atoms with Crippen LogP contribution >= 0.6 is 0 Å². The van der Waals surface area contributed by atoms with E-state index in [4.69, 9.17) is 5.73 Å². The minimum absolute atomic E-state index is 0.0260. The van der Waals surface area contributed by atoms with Crippen LogP contribution in [0.25, 0.3) is 22.0 Å². The van der Waals surface area contributed by atoms with Gasteiger partial charge < -0.3 is 20.9 Å². The number of nitriles is 1. The van der Waals surface area contributed by atoms with Crippen LogP contribution in [0.3, 0.4) is 0 Å². The fourth-order valence-corrected chi connectivity index (χ4v) is 4.62. The second-order valence-corrected chi connectivity index (χ2v) is 8.95. The number of amides is 3. The van der Waals surface area contributed by atoms with Gasteiger partial charge in [0.05, 0.1) is 30.0 Å². The van der Waals surface area contributed by atoms with Crippen molar-refractivity contribution in [2.24, 2.45) is 5.73 Å². The first-order valence-electron chi connectivity index (χ1n) is 11.7. The van der Waals surface area contributed by atoms with Crippen molar-refractivity contribution in [3.05, 3.63) is 59.7 Å². The zero-order valence-corrected chi connectivity index (χ0v) is 20.2. The number of alkyl halides is 1. The number of H-pyrrole nitrogens is 1. The number of likely N-dealkylation sites (tertiary alicyclic amines) is 1. The highest BCUT2D eigenvalue weighted by molar-refractivity contribution is 6.05. The molecular weight excluding hydrogens is 493 g/mol. The highest BCUT2D eigenvalue weighted by Crippen LogP contribution is 2.28. The summed E-state index contributed by atoms with van der Waals surface area (Å²) in [6.45, 7) is 1.09. The highest BCUT2D eigenvalue weighted by Gasteiger charge is 2.40. The van der Waals surface area contributed by atoms with Gasteiger partial charge in [0, 0.05) is 23.6 Å². The fourth-order valence-electron chi connectivity index (χ4n) is 4.62. The maximum absolute atomic E-state index is 14.4. The van der Waals surface area contributed by atoms with Crippen LogP contribution in [0, 0.1) is 18.3 Å². The molecular formula is C25H22FN9O3. The first kappa shape index (κ1) is 24.6. The largest absolute Gasteiger partial charge is 0.364 e. The molecule has 1 aromatic carbocycles. The van der Waals surface area contributed by atoms with Crippen molar-refractivity contribution < 1.29 is 18.8 Å². The number of nitrogens with two attached hydrogens (primary N) is 1. The molecule has 2 unspecified atom stereocenters. The van der Waals surface area contributed by atoms with Crippen LogP contribution in [-0.4, -0.2) is 66.3 Å². The number of aryl methyl sites for hydroxylation is 1. The Morgan fingerprint density at radius 2 is 2.08 bits per heavy atom. The molecule has 1 aliphatic heterocycles. The van der Waals surface area contributed by atoms with E-state index in [-0.39, 0.29) is 36.6 Å². The molecule has 5 rings (SSSR count). The Kier molecular flexibility index (Phi) is 6.29. The number of nitrogens with zero attached hydrogens (tertiary/aromatic N) is 6. The van der Waals surface area contributed by atoms with Gasteiger partial charge in [-0.25, -0.2) is 4.39 Å². The predicted molar refractivity (Wildman–Crippen MR) is 133 cm³/mol. The molecule has 3 amide bonds. The van der Waals surface area contributed by atoms with Gasteiger partial charge in [0.15, 0.2) is 5.69 Å². The number of hydrogen-bond acceptors (Lipinski definition) is 7. The number of hydrogen-bond donors (Lipinski definition) is 3. The molecule has 4 heterocycles. The first-order chi connectivity index (χ1) is 18.3. The van der Waals surface area contributed by atoms with Gasteiger partial charge in [0.2, 0.25) is 11.8 Å². The Morgan fingerprint density at radius 3 is 2.79 bits per heavy atom. The number of carbonyl (C=O) groups is 3. The number of carbonyl (C=O) groups excluding carboxylic acids is 3. The molecule has 13 heteroatoms. The number of primary amides is 1. The van der Waals surface area contributed by atoms with E-state index in [9.17, 15) is 24.0 Å². The maximum atomic E-state index is 14.4. The molecule has 0 bridgehead atoms. The van der Waals surface area contributed by atoms with Crippen LogP contribution in [0.4, 0.5) is 10.2 Å². The van der Waals surface area contributed by atoms with Crippen LogP contribution in [-0.2, 0) is 16.1 Å². The van der Waals surface area contributed by atoms with Crippen molar-refractivity contribution in [1.82, 2.24) is 29.9 Å². The van der Waals surface area contributed by atoms with Gasteiger partial charge in [-0.1, -0.05) is 6.07 Å². The Bertz CT molecular complexity index is 1610. The monoisotopic (exact) mass is 515 g/mol. The molecule has 0 radical (unpaired) electrons. The third-order valence-corrected chi connectivity index (χ3v) is 6.50. The lowest BCUT2D eigenvalue weighted by Crippen LogP contribution is -2.44. The minimum atomic E-state index is -1.40. The quantitative estimate of drug-likeness (QED) is 0.350. The summed E-state index contributed by atoms with van der Waals surface area (Å²) in [5.41, 5.74) is 8.40. The van der Waals surface area contributed by atoms with Gasteiger partial charge in [-0.15, -0.1) is 0 Å². The predicted octanol–water partition coefficient (Wildman–Crippen LogP) is 1.68. The summed E-state index contributed by atoms with van der Waals surface area (Å²) in [6, 6.07) is 7.86. The smallest absolute Gasteiger partial charge is 0.269 e. The number of aromatic nitrogens is 5. The number of aromatic amines is 1. The molecule has 1 aliphatic rings. The zero-order chi connectivity index (χ0) is 27.0. The van der Waals surface area contributed by atoms with Gasteiger partial charge in [0.25, 0.3) is 5.91 Å². The second kappa shape index (κ2) is 9.74. The summed E-state index contributed by atoms with van der Waals surface area (Å²) in [6.07, 6.45) is 3.09. The van der Waals surface area contributed by atoms with Crippen molar-refractivity contribution in [3.63, 3.8) is 0 Å². The molecule has 38 heavy (non-hydrogen) atoms. The van der Waals surface area contributed by atoms with Crippen molar-refractivity contribution in [2.45, 2.75) is 32.1 Å². The van der Waals surface area contributed by atoms with Crippen molar-refractivity contribution in [3.8, 4) is 17.2 Å². The van der Waals surface area contributed by atoms with Gasteiger partial charge in [0.1, 0.15) is 30.6 Å². The summed E-state index contributed by atoms with van der Waals surface area (Å²) in [7, 11) is 0. The lowest BCUT2D eigenvalue weighted by atomic mass is 10.0. The fraction of sp³-hybridized carbons (Fsp3) is 0.240. The minimum Gasteiger partial charge on any atom is -0.364 e. The van der Waals surface area contributed by atoms with Crippen LogP contribution in [0.5, 0.6) is 0 Å². The topological polar surface area (TPSA) is 176 Å². The Hall–Kier alpha value is -5.12. The van der Waals surface area contributed by atoms with Gasteiger partial charge in [-0.2, -0.15) is 20.6 Å². The Morgan fingerprint density at radius 1 is 1.26 bits per heavy atom. The molecule has 1 fully saturated rings. The molecule has 12 nitrogen and oxygen atoms in total. The summed E-state index contributed by atoms with van der Waals surface area (Å²) in [5.74, 6) is -1.76. The third kappa shape index (κ3) is 4.43. The van der Waals surface area contributed by atoms with Crippen molar-refractivity contribution in [2.75, 3.05) is 11.9 Å². The van der Waals surface area contributed by atoms with Gasteiger partial charge in [-0.3, -0.25) is 19.1 Å². The van der Waals surface area contributed by atoms with E-state index in [1.807, 2.05) is 6.07 Å². The van der Waals surface area contributed by atoms with E-state index in [1.54, 1.807) is 43.6 Å². The van der Waals surface area contributed by atoms with E-state index < -0.39 is 29.9 Å². The number of benzene rings is 1. The Labute approximate surface area is 215 Å². The Balaban J connectivity index is 1.41. The number of anilines is 1. The number of nitrogens with one attached hydrogen (secondary N) is 2. The van der Waals surface area contributed by atoms with Crippen LogP contribution < -0.4 is 11.1 Å². The van der Waals surface area contributed by atoms with Crippen LogP contribution in [0.2, 0.25) is 0 Å². The number of rotatable bonds is 6. The van der Waals surface area contributed by atoms with Crippen molar-refractivity contribution in [1.29, 1.82) is 5.26 Å². The molecule has 3 aromatic heterocycles. The van der Waals surface area contributed by atoms with Crippen LogP contribution in [0.1, 0.15) is 28.0 Å². The first-order valence-corrected chi connectivity index (χ1v) is 11.7. The van der Waals surface area contributed by atoms with Gasteiger partial charge >= 0.3 is 0 Å². The molecule has 0 saturated carbocycles. The van der Waals surface area contributed by atoms with Crippen molar-refractivity contribution >= 4 is 34.4 Å². The number of fused-ring (bicyclic) bond motifs is 1. The SMILES string of the molecule is Cc1c[nH]c(NC(=O)C2CC(F)CN2C(=O)Cn2nc(C(N)=O)c3cc(-c4ccnnc4)ccc32)c1C#N. The van der Waals surface area contributed by atoms with Crippen LogP contribution in [0.15, 0.2) is 42.9 Å². The lowest BCUT2D eigenvalue weighted by Gasteiger charge is -2.23. The molecule has 4 aromatic rings. The van der Waals surface area contributed by atoms with E-state index >= 15 is 0 Å². The van der Waals surface area contributed by atoms with E-state index in [2.05, 4.69) is 25.6 Å².